The minimum absolute atomic E-state index is 0.0528. The van der Waals surface area contributed by atoms with E-state index >= 15 is 0 Å². The summed E-state index contributed by atoms with van der Waals surface area (Å²) < 4.78 is 18.5. The molecule has 120 valence electrons. The molecule has 0 unspecified atom stereocenters. The molecule has 1 aliphatic rings. The first-order valence-corrected chi connectivity index (χ1v) is 7.32. The fourth-order valence-electron chi connectivity index (χ4n) is 2.65. The van der Waals surface area contributed by atoms with Crippen molar-refractivity contribution in [3.8, 4) is 0 Å². The quantitative estimate of drug-likeness (QED) is 0.899. The van der Waals surface area contributed by atoms with Crippen LogP contribution in [0.4, 0.5) is 4.39 Å². The molecule has 6 heteroatoms. The Morgan fingerprint density at radius 1 is 1.50 bits per heavy atom. The fourth-order valence-corrected chi connectivity index (χ4v) is 2.65. The summed E-state index contributed by atoms with van der Waals surface area (Å²) in [5.74, 6) is -1.59. The number of carboxylic acids is 1. The molecule has 1 N–H and O–H groups in total. The largest absolute Gasteiger partial charge is 0.481 e. The van der Waals surface area contributed by atoms with Gasteiger partial charge in [0.15, 0.2) is 0 Å². The van der Waals surface area contributed by atoms with Gasteiger partial charge in [0.05, 0.1) is 19.1 Å². The van der Waals surface area contributed by atoms with Gasteiger partial charge in [0.25, 0.3) is 0 Å². The summed E-state index contributed by atoms with van der Waals surface area (Å²) in [6.45, 7) is 2.90. The van der Waals surface area contributed by atoms with Crippen LogP contribution >= 0.6 is 0 Å². The first-order chi connectivity index (χ1) is 10.5. The van der Waals surface area contributed by atoms with Gasteiger partial charge in [-0.05, 0) is 24.1 Å². The molecule has 0 aromatic heterocycles. The van der Waals surface area contributed by atoms with Crippen LogP contribution in [0.3, 0.4) is 0 Å². The smallest absolute Gasteiger partial charge is 0.306 e. The number of carboxylic acid groups (broad SMARTS) is 1. The van der Waals surface area contributed by atoms with Crippen molar-refractivity contribution in [2.45, 2.75) is 25.9 Å². The monoisotopic (exact) mass is 309 g/mol. The van der Waals surface area contributed by atoms with E-state index in [0.29, 0.717) is 26.1 Å². The minimum atomic E-state index is -0.938. The van der Waals surface area contributed by atoms with Gasteiger partial charge in [-0.25, -0.2) is 4.39 Å². The zero-order chi connectivity index (χ0) is 16.1. The van der Waals surface area contributed by atoms with Crippen molar-refractivity contribution in [1.82, 2.24) is 4.90 Å². The average Bonchev–Trinajstić information content (AvgIpc) is 2.46. The second-order valence-electron chi connectivity index (χ2n) is 5.61. The molecule has 1 fully saturated rings. The Hall–Kier alpha value is -1.95. The normalized spacial score (nSPS) is 19.7. The zero-order valence-corrected chi connectivity index (χ0v) is 12.5. The van der Waals surface area contributed by atoms with Gasteiger partial charge in [-0.1, -0.05) is 19.1 Å². The highest BCUT2D eigenvalue weighted by Gasteiger charge is 2.28. The maximum Gasteiger partial charge on any atom is 0.306 e. The van der Waals surface area contributed by atoms with E-state index in [1.807, 2.05) is 0 Å². The van der Waals surface area contributed by atoms with E-state index in [1.165, 1.54) is 12.1 Å². The molecule has 1 saturated heterocycles. The van der Waals surface area contributed by atoms with Gasteiger partial charge < -0.3 is 14.7 Å². The lowest BCUT2D eigenvalue weighted by Crippen LogP contribution is -2.48. The van der Waals surface area contributed by atoms with E-state index in [4.69, 9.17) is 9.84 Å². The van der Waals surface area contributed by atoms with Crippen LogP contribution < -0.4 is 0 Å². The molecule has 0 radical (unpaired) electrons. The maximum atomic E-state index is 13.2. The summed E-state index contributed by atoms with van der Waals surface area (Å²) in [7, 11) is 0. The van der Waals surface area contributed by atoms with Crippen LogP contribution in [0, 0.1) is 11.7 Å². The predicted molar refractivity (Wildman–Crippen MR) is 77.8 cm³/mol. The van der Waals surface area contributed by atoms with Crippen LogP contribution in [0.5, 0.6) is 0 Å². The Labute approximate surface area is 128 Å². The topological polar surface area (TPSA) is 66.8 Å². The summed E-state index contributed by atoms with van der Waals surface area (Å²) in [6.07, 6.45) is -0.115. The van der Waals surface area contributed by atoms with E-state index in [2.05, 4.69) is 0 Å². The van der Waals surface area contributed by atoms with Crippen molar-refractivity contribution in [2.75, 3.05) is 19.7 Å². The van der Waals surface area contributed by atoms with E-state index in [0.717, 1.165) is 5.56 Å². The number of aliphatic carboxylic acids is 1. The molecule has 2 atom stereocenters. The van der Waals surface area contributed by atoms with Gasteiger partial charge in [0, 0.05) is 19.0 Å². The van der Waals surface area contributed by atoms with Gasteiger partial charge in [0.2, 0.25) is 5.91 Å². The summed E-state index contributed by atoms with van der Waals surface area (Å²) in [6, 6.07) is 6.21. The number of hydrogen-bond donors (Lipinski definition) is 1. The lowest BCUT2D eigenvalue weighted by molar-refractivity contribution is -0.149. The van der Waals surface area contributed by atoms with Crippen LogP contribution in [0.1, 0.15) is 18.9 Å². The second-order valence-corrected chi connectivity index (χ2v) is 5.61. The van der Waals surface area contributed by atoms with E-state index in [1.54, 1.807) is 24.0 Å². The molecular formula is C16H20FNO4. The molecule has 5 nitrogen and oxygen atoms in total. The molecule has 0 aliphatic carbocycles. The van der Waals surface area contributed by atoms with Crippen molar-refractivity contribution < 1.29 is 23.8 Å². The number of nitrogens with zero attached hydrogens (tertiary/aromatic N) is 1. The maximum absolute atomic E-state index is 13.2. The van der Waals surface area contributed by atoms with Crippen LogP contribution in [-0.4, -0.2) is 47.7 Å². The number of carbonyl (C=O) groups is 2. The zero-order valence-electron chi connectivity index (χ0n) is 12.5. The third-order valence-corrected chi connectivity index (χ3v) is 3.71. The van der Waals surface area contributed by atoms with Gasteiger partial charge in [-0.15, -0.1) is 0 Å². The molecule has 1 aromatic rings. The molecule has 0 saturated carbocycles. The van der Waals surface area contributed by atoms with Crippen molar-refractivity contribution in [3.05, 3.63) is 35.6 Å². The van der Waals surface area contributed by atoms with Crippen molar-refractivity contribution >= 4 is 11.9 Å². The van der Waals surface area contributed by atoms with E-state index in [-0.39, 0.29) is 24.1 Å². The summed E-state index contributed by atoms with van der Waals surface area (Å²) in [5.41, 5.74) is 0.774. The second kappa shape index (κ2) is 7.35. The Morgan fingerprint density at radius 2 is 2.27 bits per heavy atom. The lowest BCUT2D eigenvalue weighted by Gasteiger charge is -2.34. The molecule has 2 rings (SSSR count). The number of morpholine rings is 1. The molecule has 0 bridgehead atoms. The molecule has 1 aromatic carbocycles. The number of carbonyl (C=O) groups excluding carboxylic acids is 1. The number of rotatable bonds is 5. The predicted octanol–water partition coefficient (Wildman–Crippen LogP) is 1.71. The Balaban J connectivity index is 1.93. The van der Waals surface area contributed by atoms with Gasteiger partial charge in [0.1, 0.15) is 5.82 Å². The Bertz CT molecular complexity index is 549. The van der Waals surface area contributed by atoms with Crippen LogP contribution in [0.15, 0.2) is 24.3 Å². The average molecular weight is 309 g/mol. The van der Waals surface area contributed by atoms with Crippen molar-refractivity contribution in [2.24, 2.45) is 5.92 Å². The Kier molecular flexibility index (Phi) is 5.49. The third kappa shape index (κ3) is 4.53. The standard InChI is InChI=1S/C16H20FNO4/c1-11(7-12-3-2-4-13(17)8-12)16(21)18-5-6-22-14(10-18)9-15(19)20/h2-4,8,11,14H,5-7,9-10H2,1H3,(H,19,20)/t11-,14+/m1/s1. The Morgan fingerprint density at radius 3 is 2.95 bits per heavy atom. The summed E-state index contributed by atoms with van der Waals surface area (Å²) in [5, 5.41) is 8.80. The first-order valence-electron chi connectivity index (χ1n) is 7.32. The van der Waals surface area contributed by atoms with E-state index < -0.39 is 12.1 Å². The van der Waals surface area contributed by atoms with Crippen LogP contribution in [0.2, 0.25) is 0 Å². The molecule has 1 aliphatic heterocycles. The van der Waals surface area contributed by atoms with Crippen molar-refractivity contribution in [3.63, 3.8) is 0 Å². The summed E-state index contributed by atoms with van der Waals surface area (Å²) in [4.78, 5) is 24.8. The van der Waals surface area contributed by atoms with Gasteiger partial charge in [-0.2, -0.15) is 0 Å². The highest BCUT2D eigenvalue weighted by atomic mass is 19.1. The molecule has 0 spiro atoms. The minimum Gasteiger partial charge on any atom is -0.481 e. The molecule has 1 amide bonds. The van der Waals surface area contributed by atoms with E-state index in [9.17, 15) is 14.0 Å². The van der Waals surface area contributed by atoms with Crippen LogP contribution in [0.25, 0.3) is 0 Å². The summed E-state index contributed by atoms with van der Waals surface area (Å²) >= 11 is 0. The SMILES string of the molecule is C[C@H](Cc1cccc(F)c1)C(=O)N1CCO[C@@H](CC(=O)O)C1. The van der Waals surface area contributed by atoms with Gasteiger partial charge in [-0.3, -0.25) is 9.59 Å². The molecule has 22 heavy (non-hydrogen) atoms. The number of benzene rings is 1. The highest BCUT2D eigenvalue weighted by Crippen LogP contribution is 2.16. The number of hydrogen-bond acceptors (Lipinski definition) is 3. The van der Waals surface area contributed by atoms with Crippen molar-refractivity contribution in [1.29, 1.82) is 0 Å². The number of halogens is 1. The van der Waals surface area contributed by atoms with Crippen LogP contribution in [-0.2, 0) is 20.7 Å². The molecular weight excluding hydrogens is 289 g/mol. The first kappa shape index (κ1) is 16.4. The fraction of sp³-hybridized carbons (Fsp3) is 0.500. The number of amides is 1. The molecule has 1 heterocycles. The number of ether oxygens (including phenoxy) is 1. The van der Waals surface area contributed by atoms with Gasteiger partial charge >= 0.3 is 5.97 Å². The third-order valence-electron chi connectivity index (χ3n) is 3.71. The lowest BCUT2D eigenvalue weighted by atomic mass is 9.99. The highest BCUT2D eigenvalue weighted by molar-refractivity contribution is 5.79.